The number of aryl methyl sites for hydroxylation is 1. The molecule has 0 unspecified atom stereocenters. The summed E-state index contributed by atoms with van der Waals surface area (Å²) in [5, 5.41) is 13.1. The van der Waals surface area contributed by atoms with Crippen LogP contribution in [-0.2, 0) is 4.79 Å². The Morgan fingerprint density at radius 3 is 2.38 bits per heavy atom. The molecule has 4 rings (SSSR count). The molecular formula is C25H25Cl2N3O3S. The van der Waals surface area contributed by atoms with Crippen LogP contribution in [0.1, 0.15) is 59.8 Å². The van der Waals surface area contributed by atoms with Gasteiger partial charge in [0.15, 0.2) is 5.69 Å². The molecule has 9 heteroatoms. The van der Waals surface area contributed by atoms with Crippen LogP contribution in [0.15, 0.2) is 48.5 Å². The number of hydrogen-bond donors (Lipinski definition) is 2. The number of nitrogens with zero attached hydrogens (tertiary/aromatic N) is 2. The molecule has 1 aliphatic carbocycles. The molecule has 0 saturated heterocycles. The lowest BCUT2D eigenvalue weighted by Gasteiger charge is -2.34. The van der Waals surface area contributed by atoms with Crippen molar-refractivity contribution in [3.8, 4) is 5.75 Å². The molecule has 178 valence electrons. The van der Waals surface area contributed by atoms with Gasteiger partial charge in [0.05, 0.1) is 0 Å². The average molecular weight is 518 g/mol. The van der Waals surface area contributed by atoms with E-state index < -0.39 is 11.9 Å². The smallest absolute Gasteiger partial charge is 0.280 e. The van der Waals surface area contributed by atoms with Crippen molar-refractivity contribution in [3.05, 3.63) is 74.7 Å². The fraction of sp³-hybridized carbons (Fsp3) is 0.320. The molecule has 1 saturated carbocycles. The molecule has 2 amide bonds. The van der Waals surface area contributed by atoms with Crippen LogP contribution >= 0.6 is 34.7 Å². The summed E-state index contributed by atoms with van der Waals surface area (Å²) in [5.74, 6) is -0.760. The molecule has 1 aliphatic rings. The zero-order valence-electron chi connectivity index (χ0n) is 18.6. The summed E-state index contributed by atoms with van der Waals surface area (Å²) < 4.78 is 4.38. The van der Waals surface area contributed by atoms with Crippen molar-refractivity contribution in [1.82, 2.24) is 9.69 Å². The van der Waals surface area contributed by atoms with Crippen LogP contribution in [0.25, 0.3) is 0 Å². The molecule has 3 aromatic rings. The van der Waals surface area contributed by atoms with Crippen molar-refractivity contribution in [3.63, 3.8) is 0 Å². The van der Waals surface area contributed by atoms with Gasteiger partial charge >= 0.3 is 0 Å². The van der Waals surface area contributed by atoms with Gasteiger partial charge in [0, 0.05) is 11.7 Å². The fourth-order valence-electron chi connectivity index (χ4n) is 4.31. The Labute approximate surface area is 212 Å². The van der Waals surface area contributed by atoms with Gasteiger partial charge in [0.1, 0.15) is 21.2 Å². The van der Waals surface area contributed by atoms with Gasteiger partial charge < -0.3 is 10.4 Å². The van der Waals surface area contributed by atoms with E-state index in [2.05, 4.69) is 9.69 Å². The molecular weight excluding hydrogens is 493 g/mol. The van der Waals surface area contributed by atoms with Gasteiger partial charge in [0.25, 0.3) is 5.91 Å². The molecule has 1 fully saturated rings. The molecule has 0 aliphatic heterocycles. The van der Waals surface area contributed by atoms with E-state index >= 15 is 0 Å². The second-order valence-corrected chi connectivity index (χ2v) is 10.2. The lowest BCUT2D eigenvalue weighted by molar-refractivity contribution is -0.123. The summed E-state index contributed by atoms with van der Waals surface area (Å²) in [4.78, 5) is 29.1. The fourth-order valence-corrected chi connectivity index (χ4v) is 5.29. The highest BCUT2D eigenvalue weighted by molar-refractivity contribution is 7.11. The molecule has 2 N–H and O–H groups in total. The molecule has 2 aromatic carbocycles. The normalized spacial score (nSPS) is 15.0. The second-order valence-electron chi connectivity index (χ2n) is 8.42. The lowest BCUT2D eigenvalue weighted by Crippen LogP contribution is -2.47. The number of benzene rings is 2. The summed E-state index contributed by atoms with van der Waals surface area (Å²) in [7, 11) is 0. The zero-order chi connectivity index (χ0) is 24.2. The van der Waals surface area contributed by atoms with E-state index in [1.807, 2.05) is 25.1 Å². The Bertz CT molecular complexity index is 1180. The molecule has 34 heavy (non-hydrogen) atoms. The van der Waals surface area contributed by atoms with Crippen LogP contribution in [0.4, 0.5) is 5.69 Å². The van der Waals surface area contributed by atoms with Crippen LogP contribution in [0.5, 0.6) is 5.75 Å². The largest absolute Gasteiger partial charge is 0.508 e. The lowest BCUT2D eigenvalue weighted by atomic mass is 9.94. The van der Waals surface area contributed by atoms with Crippen LogP contribution in [-0.4, -0.2) is 27.3 Å². The quantitative estimate of drug-likeness (QED) is 0.401. The first kappa shape index (κ1) is 24.5. The highest BCUT2D eigenvalue weighted by atomic mass is 35.5. The van der Waals surface area contributed by atoms with E-state index in [0.717, 1.165) is 49.2 Å². The van der Waals surface area contributed by atoms with Gasteiger partial charge in [-0.3, -0.25) is 14.5 Å². The van der Waals surface area contributed by atoms with Crippen molar-refractivity contribution in [2.75, 3.05) is 4.90 Å². The summed E-state index contributed by atoms with van der Waals surface area (Å²) in [6.07, 6.45) is 5.08. The van der Waals surface area contributed by atoms with E-state index in [1.54, 1.807) is 18.2 Å². The number of para-hydroxylation sites is 1. The summed E-state index contributed by atoms with van der Waals surface area (Å²) in [6.45, 7) is 1.87. The van der Waals surface area contributed by atoms with Crippen molar-refractivity contribution in [2.45, 2.75) is 51.1 Å². The predicted octanol–water partition coefficient (Wildman–Crippen LogP) is 6.30. The van der Waals surface area contributed by atoms with Crippen LogP contribution in [0.2, 0.25) is 9.36 Å². The molecule has 1 heterocycles. The van der Waals surface area contributed by atoms with E-state index in [0.29, 0.717) is 11.3 Å². The van der Waals surface area contributed by atoms with Gasteiger partial charge in [0.2, 0.25) is 5.91 Å². The van der Waals surface area contributed by atoms with Gasteiger partial charge in [-0.2, -0.15) is 4.37 Å². The van der Waals surface area contributed by atoms with Gasteiger partial charge in [-0.25, -0.2) is 0 Å². The first-order chi connectivity index (χ1) is 16.4. The molecule has 0 spiro atoms. The van der Waals surface area contributed by atoms with E-state index in [-0.39, 0.29) is 32.8 Å². The molecule has 0 radical (unpaired) electrons. The Balaban J connectivity index is 1.83. The zero-order valence-corrected chi connectivity index (χ0v) is 21.0. The third-order valence-corrected chi connectivity index (χ3v) is 7.67. The van der Waals surface area contributed by atoms with Crippen molar-refractivity contribution in [1.29, 1.82) is 0 Å². The molecule has 6 nitrogen and oxygen atoms in total. The Hall–Kier alpha value is -2.61. The summed E-state index contributed by atoms with van der Waals surface area (Å²) >= 11 is 13.3. The van der Waals surface area contributed by atoms with E-state index in [4.69, 9.17) is 23.2 Å². The predicted molar refractivity (Wildman–Crippen MR) is 136 cm³/mol. The van der Waals surface area contributed by atoms with Crippen molar-refractivity contribution < 1.29 is 14.7 Å². The number of carbonyl (C=O) groups is 2. The molecule has 1 aromatic heterocycles. The third-order valence-electron chi connectivity index (χ3n) is 6.06. The maximum absolute atomic E-state index is 13.9. The Morgan fingerprint density at radius 2 is 1.76 bits per heavy atom. The minimum atomic E-state index is -1.01. The summed E-state index contributed by atoms with van der Waals surface area (Å²) in [5.41, 5.74) is 1.92. The maximum atomic E-state index is 13.9. The number of halogens is 2. The van der Waals surface area contributed by atoms with Crippen LogP contribution in [0.3, 0.4) is 0 Å². The number of carbonyl (C=O) groups excluding carboxylic acids is 2. The number of hydrogen-bond acceptors (Lipinski definition) is 5. The standard InChI is InChI=1S/C25H25Cl2N3O3S/c1-15-7-5-6-10-19(15)30(25(33)21-20(26)23(27)34-29-21)22(16-11-13-18(31)14-12-16)24(32)28-17-8-3-2-4-9-17/h5-7,10-14,17,22,31H,2-4,8-9H2,1H3,(H,28,32)/t22-/m0/s1. The Morgan fingerprint density at radius 1 is 1.09 bits per heavy atom. The maximum Gasteiger partial charge on any atom is 0.280 e. The van der Waals surface area contributed by atoms with Gasteiger partial charge in [-0.15, -0.1) is 0 Å². The van der Waals surface area contributed by atoms with Gasteiger partial charge in [-0.05, 0) is 60.6 Å². The minimum absolute atomic E-state index is 0.00540. The molecule has 1 atom stereocenters. The topological polar surface area (TPSA) is 82.5 Å². The number of anilines is 1. The van der Waals surface area contributed by atoms with Crippen molar-refractivity contribution >= 4 is 52.2 Å². The van der Waals surface area contributed by atoms with Gasteiger partial charge in [-0.1, -0.05) is 72.8 Å². The second kappa shape index (κ2) is 10.8. The number of phenols is 1. The Kier molecular flexibility index (Phi) is 7.76. The number of aromatic nitrogens is 1. The number of phenolic OH excluding ortho intramolecular Hbond substituents is 1. The van der Waals surface area contributed by atoms with Crippen LogP contribution in [0, 0.1) is 6.92 Å². The van der Waals surface area contributed by atoms with E-state index in [1.165, 1.54) is 17.0 Å². The summed E-state index contributed by atoms with van der Waals surface area (Å²) in [6, 6.07) is 12.7. The number of aromatic hydroxyl groups is 1. The number of nitrogens with one attached hydrogen (secondary N) is 1. The average Bonchev–Trinajstić information content (AvgIpc) is 3.17. The highest BCUT2D eigenvalue weighted by Crippen LogP contribution is 2.36. The van der Waals surface area contributed by atoms with Crippen LogP contribution < -0.4 is 10.2 Å². The van der Waals surface area contributed by atoms with E-state index in [9.17, 15) is 14.7 Å². The SMILES string of the molecule is Cc1ccccc1N(C(=O)c1nsc(Cl)c1Cl)[C@H](C(=O)NC1CCCCC1)c1ccc(O)cc1. The monoisotopic (exact) mass is 517 g/mol. The third kappa shape index (κ3) is 5.22. The first-order valence-corrected chi connectivity index (χ1v) is 12.7. The highest BCUT2D eigenvalue weighted by Gasteiger charge is 2.37. The first-order valence-electron chi connectivity index (χ1n) is 11.2. The number of rotatable bonds is 6. The minimum Gasteiger partial charge on any atom is -0.508 e. The molecule has 0 bridgehead atoms. The number of amides is 2. The van der Waals surface area contributed by atoms with Crippen molar-refractivity contribution in [2.24, 2.45) is 0 Å².